The average Bonchev–Trinajstić information content (AvgIpc) is 2.44. The van der Waals surface area contributed by atoms with Crippen LogP contribution in [0.1, 0.15) is 54.4 Å². The molecule has 0 aliphatic rings. The van der Waals surface area contributed by atoms with E-state index in [1.165, 1.54) is 0 Å². The zero-order valence-corrected chi connectivity index (χ0v) is 17.2. The number of nitrogens with one attached hydrogen (secondary N) is 2. The Kier molecular flexibility index (Phi) is 11.2. The molecule has 0 spiro atoms. The summed E-state index contributed by atoms with van der Waals surface area (Å²) in [6.45, 7) is 14.0. The Morgan fingerprint density at radius 3 is 1.50 bits per heavy atom. The van der Waals surface area contributed by atoms with Crippen molar-refractivity contribution < 1.29 is 24.2 Å². The van der Waals surface area contributed by atoms with Crippen LogP contribution in [-0.4, -0.2) is 72.7 Å². The molecule has 0 rings (SSSR count). The zero-order chi connectivity index (χ0) is 20.2. The predicted octanol–water partition coefficient (Wildman–Crippen LogP) is 2.11. The first-order valence-corrected chi connectivity index (χ1v) is 9.20. The standard InChI is InChI=1S/C18H37N3O5/c1-17(2,3)25-15(23)19-9-7-11-21(13-14-22)12-8-10-20-16(24)26-18(4,5)6/h22H,7-14H2,1-6H3,(H,19,23)(H,20,24). The van der Waals surface area contributed by atoms with Crippen molar-refractivity contribution in [3.05, 3.63) is 0 Å². The molecule has 0 aromatic carbocycles. The highest BCUT2D eigenvalue weighted by Crippen LogP contribution is 2.07. The molecule has 0 aliphatic carbocycles. The molecule has 0 radical (unpaired) electrons. The maximum absolute atomic E-state index is 11.6. The largest absolute Gasteiger partial charge is 0.444 e. The first kappa shape index (κ1) is 24.5. The van der Waals surface area contributed by atoms with Gasteiger partial charge in [0, 0.05) is 19.6 Å². The summed E-state index contributed by atoms with van der Waals surface area (Å²) in [5.74, 6) is 0. The van der Waals surface area contributed by atoms with Gasteiger partial charge in [-0.1, -0.05) is 0 Å². The normalized spacial score (nSPS) is 12.0. The molecule has 8 nitrogen and oxygen atoms in total. The quantitative estimate of drug-likeness (QED) is 0.506. The van der Waals surface area contributed by atoms with Crippen LogP contribution in [0.25, 0.3) is 0 Å². The molecular weight excluding hydrogens is 338 g/mol. The lowest BCUT2D eigenvalue weighted by Gasteiger charge is -2.23. The van der Waals surface area contributed by atoms with E-state index in [2.05, 4.69) is 15.5 Å². The van der Waals surface area contributed by atoms with Crippen molar-refractivity contribution in [2.24, 2.45) is 0 Å². The van der Waals surface area contributed by atoms with E-state index in [-0.39, 0.29) is 6.61 Å². The van der Waals surface area contributed by atoms with Gasteiger partial charge in [0.2, 0.25) is 0 Å². The highest BCUT2D eigenvalue weighted by Gasteiger charge is 2.16. The second kappa shape index (κ2) is 12.0. The molecule has 154 valence electrons. The van der Waals surface area contributed by atoms with E-state index < -0.39 is 23.4 Å². The molecule has 2 amide bonds. The first-order valence-electron chi connectivity index (χ1n) is 9.20. The van der Waals surface area contributed by atoms with Gasteiger partial charge in [-0.15, -0.1) is 0 Å². The minimum absolute atomic E-state index is 0.0684. The maximum Gasteiger partial charge on any atom is 0.407 e. The molecule has 0 fully saturated rings. The summed E-state index contributed by atoms with van der Waals surface area (Å²) >= 11 is 0. The van der Waals surface area contributed by atoms with E-state index >= 15 is 0 Å². The number of alkyl carbamates (subject to hydrolysis) is 2. The fraction of sp³-hybridized carbons (Fsp3) is 0.889. The summed E-state index contributed by atoms with van der Waals surface area (Å²) in [5, 5.41) is 14.6. The lowest BCUT2D eigenvalue weighted by molar-refractivity contribution is 0.0516. The Balaban J connectivity index is 3.93. The Morgan fingerprint density at radius 2 is 1.19 bits per heavy atom. The van der Waals surface area contributed by atoms with Crippen LogP contribution < -0.4 is 10.6 Å². The number of carbonyl (C=O) groups is 2. The third-order valence-corrected chi connectivity index (χ3v) is 3.05. The van der Waals surface area contributed by atoms with Crippen molar-refractivity contribution >= 4 is 12.2 Å². The molecule has 0 aromatic heterocycles. The number of ether oxygens (including phenoxy) is 2. The molecule has 0 unspecified atom stereocenters. The Labute approximate surface area is 157 Å². The van der Waals surface area contributed by atoms with Gasteiger partial charge in [0.05, 0.1) is 6.61 Å². The van der Waals surface area contributed by atoms with Gasteiger partial charge >= 0.3 is 12.2 Å². The SMILES string of the molecule is CC(C)(C)OC(=O)NCCCN(CCO)CCCNC(=O)OC(C)(C)C. The zero-order valence-electron chi connectivity index (χ0n) is 17.2. The van der Waals surface area contributed by atoms with Gasteiger partial charge in [-0.05, 0) is 67.5 Å². The molecular formula is C18H37N3O5. The summed E-state index contributed by atoms with van der Waals surface area (Å²) in [7, 11) is 0. The van der Waals surface area contributed by atoms with Crippen molar-refractivity contribution in [1.82, 2.24) is 15.5 Å². The molecule has 8 heteroatoms. The van der Waals surface area contributed by atoms with Gasteiger partial charge in [-0.3, -0.25) is 0 Å². The summed E-state index contributed by atoms with van der Waals surface area (Å²) in [5.41, 5.74) is -1.01. The second-order valence-electron chi connectivity index (χ2n) is 8.13. The molecule has 26 heavy (non-hydrogen) atoms. The third kappa shape index (κ3) is 16.0. The number of nitrogens with zero attached hydrogens (tertiary/aromatic N) is 1. The summed E-state index contributed by atoms with van der Waals surface area (Å²) in [6, 6.07) is 0. The highest BCUT2D eigenvalue weighted by molar-refractivity contribution is 5.67. The fourth-order valence-electron chi connectivity index (χ4n) is 2.09. The van der Waals surface area contributed by atoms with Crippen LogP contribution in [0, 0.1) is 0 Å². The van der Waals surface area contributed by atoms with E-state index in [0.717, 1.165) is 25.9 Å². The maximum atomic E-state index is 11.6. The van der Waals surface area contributed by atoms with Gasteiger partial charge in [-0.2, -0.15) is 0 Å². The topological polar surface area (TPSA) is 100 Å². The Hall–Kier alpha value is -1.54. The van der Waals surface area contributed by atoms with Crippen LogP contribution in [0.2, 0.25) is 0 Å². The van der Waals surface area contributed by atoms with E-state index in [1.807, 2.05) is 41.5 Å². The van der Waals surface area contributed by atoms with Crippen LogP contribution in [0.15, 0.2) is 0 Å². The van der Waals surface area contributed by atoms with Crippen molar-refractivity contribution in [3.63, 3.8) is 0 Å². The summed E-state index contributed by atoms with van der Waals surface area (Å²) < 4.78 is 10.3. The third-order valence-electron chi connectivity index (χ3n) is 3.05. The van der Waals surface area contributed by atoms with Crippen molar-refractivity contribution in [2.75, 3.05) is 39.3 Å². The smallest absolute Gasteiger partial charge is 0.407 e. The van der Waals surface area contributed by atoms with Crippen LogP contribution >= 0.6 is 0 Å². The predicted molar refractivity (Wildman–Crippen MR) is 101 cm³/mol. The van der Waals surface area contributed by atoms with Crippen LogP contribution in [0.3, 0.4) is 0 Å². The molecule has 0 bridgehead atoms. The van der Waals surface area contributed by atoms with Gasteiger partial charge in [0.25, 0.3) is 0 Å². The molecule has 3 N–H and O–H groups in total. The number of carbonyl (C=O) groups excluding carboxylic acids is 2. The van der Waals surface area contributed by atoms with Crippen LogP contribution in [-0.2, 0) is 9.47 Å². The van der Waals surface area contributed by atoms with E-state index in [4.69, 9.17) is 14.6 Å². The minimum Gasteiger partial charge on any atom is -0.444 e. The second-order valence-corrected chi connectivity index (χ2v) is 8.13. The first-order chi connectivity index (χ1) is 11.9. The van der Waals surface area contributed by atoms with Gasteiger partial charge in [0.1, 0.15) is 11.2 Å². The number of rotatable bonds is 10. The highest BCUT2D eigenvalue weighted by atomic mass is 16.6. The summed E-state index contributed by atoms with van der Waals surface area (Å²) in [6.07, 6.45) is 0.651. The monoisotopic (exact) mass is 375 g/mol. The van der Waals surface area contributed by atoms with E-state index in [1.54, 1.807) is 0 Å². The summed E-state index contributed by atoms with van der Waals surface area (Å²) in [4.78, 5) is 25.2. The average molecular weight is 376 g/mol. The minimum atomic E-state index is -0.506. The van der Waals surface area contributed by atoms with Gasteiger partial charge in [0.15, 0.2) is 0 Å². The number of aliphatic hydroxyl groups excluding tert-OH is 1. The van der Waals surface area contributed by atoms with Crippen molar-refractivity contribution in [2.45, 2.75) is 65.6 Å². The number of aliphatic hydroxyl groups is 1. The van der Waals surface area contributed by atoms with Crippen LogP contribution in [0.5, 0.6) is 0 Å². The van der Waals surface area contributed by atoms with E-state index in [9.17, 15) is 9.59 Å². The molecule has 0 saturated carbocycles. The molecule has 0 saturated heterocycles. The number of amides is 2. The van der Waals surface area contributed by atoms with E-state index in [0.29, 0.717) is 19.6 Å². The molecule has 0 aliphatic heterocycles. The molecule has 0 heterocycles. The van der Waals surface area contributed by atoms with Crippen LogP contribution in [0.4, 0.5) is 9.59 Å². The Morgan fingerprint density at radius 1 is 0.808 bits per heavy atom. The van der Waals surface area contributed by atoms with Gasteiger partial charge < -0.3 is 30.1 Å². The molecule has 0 aromatic rings. The fourth-order valence-corrected chi connectivity index (χ4v) is 2.09. The number of hydrogen-bond acceptors (Lipinski definition) is 6. The Bertz CT molecular complexity index is 380. The number of hydrogen-bond donors (Lipinski definition) is 3. The van der Waals surface area contributed by atoms with Crippen molar-refractivity contribution in [3.8, 4) is 0 Å². The van der Waals surface area contributed by atoms with Gasteiger partial charge in [-0.25, -0.2) is 9.59 Å². The lowest BCUT2D eigenvalue weighted by Crippen LogP contribution is -2.37. The van der Waals surface area contributed by atoms with Crippen molar-refractivity contribution in [1.29, 1.82) is 0 Å². The lowest BCUT2D eigenvalue weighted by atomic mass is 10.2. The molecule has 0 atom stereocenters.